The summed E-state index contributed by atoms with van der Waals surface area (Å²) in [4.78, 5) is 14.6. The first kappa shape index (κ1) is 17.9. The minimum absolute atomic E-state index is 0.0635. The maximum atomic E-state index is 13.6. The van der Waals surface area contributed by atoms with Gasteiger partial charge in [-0.3, -0.25) is 0 Å². The minimum atomic E-state index is -0.251. The van der Waals surface area contributed by atoms with E-state index in [1.165, 1.54) is 17.2 Å². The molecular formula is C25H22FNO2. The average molecular weight is 387 g/mol. The van der Waals surface area contributed by atoms with Crippen molar-refractivity contribution in [2.75, 3.05) is 6.54 Å². The molecule has 3 nitrogen and oxygen atoms in total. The van der Waals surface area contributed by atoms with Crippen molar-refractivity contribution in [3.8, 4) is 11.1 Å². The summed E-state index contributed by atoms with van der Waals surface area (Å²) in [6.07, 6.45) is 1.61. The fourth-order valence-corrected chi connectivity index (χ4v) is 4.64. The van der Waals surface area contributed by atoms with Crippen molar-refractivity contribution in [2.24, 2.45) is 0 Å². The average Bonchev–Trinajstić information content (AvgIpc) is 3.04. The van der Waals surface area contributed by atoms with Gasteiger partial charge in [0, 0.05) is 6.54 Å². The third-order valence-corrected chi connectivity index (χ3v) is 6.09. The van der Waals surface area contributed by atoms with Crippen LogP contribution < -0.4 is 0 Å². The van der Waals surface area contributed by atoms with Crippen molar-refractivity contribution in [1.29, 1.82) is 0 Å². The van der Waals surface area contributed by atoms with E-state index >= 15 is 0 Å². The van der Waals surface area contributed by atoms with E-state index in [1.54, 1.807) is 12.1 Å². The molecule has 2 aliphatic rings. The number of hydrogen-bond acceptors (Lipinski definition) is 2. The SMILES string of the molecule is O=C(OCc1ccccc1)N1CC[C@@H]2C[C@@H]1c1ccc(-c3cccc(F)c3)cc12. The monoisotopic (exact) mass is 387 g/mol. The molecule has 0 saturated carbocycles. The summed E-state index contributed by atoms with van der Waals surface area (Å²) in [5.74, 6) is 0.218. The van der Waals surface area contributed by atoms with Crippen LogP contribution in [-0.2, 0) is 11.3 Å². The van der Waals surface area contributed by atoms with Crippen LogP contribution in [0.2, 0.25) is 0 Å². The predicted octanol–water partition coefficient (Wildman–Crippen LogP) is 6.06. The minimum Gasteiger partial charge on any atom is -0.445 e. The van der Waals surface area contributed by atoms with Gasteiger partial charge in [-0.15, -0.1) is 0 Å². The lowest BCUT2D eigenvalue weighted by Gasteiger charge is -2.32. The molecule has 0 N–H and O–H groups in total. The summed E-state index contributed by atoms with van der Waals surface area (Å²) in [6, 6.07) is 22.8. The number of ether oxygens (including phenoxy) is 1. The Morgan fingerprint density at radius 1 is 0.966 bits per heavy atom. The van der Waals surface area contributed by atoms with Gasteiger partial charge in [0.2, 0.25) is 0 Å². The molecule has 1 saturated heterocycles. The molecule has 2 bridgehead atoms. The zero-order chi connectivity index (χ0) is 19.8. The highest BCUT2D eigenvalue weighted by molar-refractivity contribution is 5.71. The van der Waals surface area contributed by atoms with E-state index in [0.29, 0.717) is 12.5 Å². The van der Waals surface area contributed by atoms with E-state index in [1.807, 2.05) is 47.4 Å². The lowest BCUT2D eigenvalue weighted by molar-refractivity contribution is 0.0694. The number of fused-ring (bicyclic) bond motifs is 5. The maximum Gasteiger partial charge on any atom is 0.410 e. The van der Waals surface area contributed by atoms with Gasteiger partial charge in [0.05, 0.1) is 6.04 Å². The van der Waals surface area contributed by atoms with Crippen molar-refractivity contribution in [1.82, 2.24) is 4.90 Å². The normalized spacial score (nSPS) is 19.7. The largest absolute Gasteiger partial charge is 0.445 e. The molecule has 0 spiro atoms. The molecule has 1 amide bonds. The fraction of sp³-hybridized carbons (Fsp3) is 0.240. The molecule has 0 radical (unpaired) electrons. The number of amides is 1. The lowest BCUT2D eigenvalue weighted by Crippen LogP contribution is -2.37. The van der Waals surface area contributed by atoms with Crippen LogP contribution in [0.3, 0.4) is 0 Å². The third-order valence-electron chi connectivity index (χ3n) is 6.09. The highest BCUT2D eigenvalue weighted by Crippen LogP contribution is 2.50. The van der Waals surface area contributed by atoms with Crippen molar-refractivity contribution >= 4 is 6.09 Å². The molecule has 1 heterocycles. The second-order valence-electron chi connectivity index (χ2n) is 7.82. The van der Waals surface area contributed by atoms with Crippen molar-refractivity contribution in [3.05, 3.63) is 95.3 Å². The summed E-state index contributed by atoms with van der Waals surface area (Å²) < 4.78 is 19.2. The van der Waals surface area contributed by atoms with Gasteiger partial charge in [-0.2, -0.15) is 0 Å². The van der Waals surface area contributed by atoms with Gasteiger partial charge in [-0.05, 0) is 58.7 Å². The van der Waals surface area contributed by atoms with Crippen molar-refractivity contribution in [3.63, 3.8) is 0 Å². The van der Waals surface area contributed by atoms with Crippen LogP contribution in [-0.4, -0.2) is 17.5 Å². The van der Waals surface area contributed by atoms with Gasteiger partial charge in [-0.25, -0.2) is 9.18 Å². The Labute approximate surface area is 169 Å². The summed E-state index contributed by atoms with van der Waals surface area (Å²) in [7, 11) is 0. The van der Waals surface area contributed by atoms with Gasteiger partial charge in [-0.1, -0.05) is 60.7 Å². The molecule has 1 aliphatic heterocycles. The Kier molecular flexibility index (Phi) is 4.55. The van der Waals surface area contributed by atoms with Crippen LogP contribution >= 0.6 is 0 Å². The van der Waals surface area contributed by atoms with Gasteiger partial charge in [0.1, 0.15) is 12.4 Å². The highest BCUT2D eigenvalue weighted by Gasteiger charge is 2.41. The van der Waals surface area contributed by atoms with Crippen LogP contribution in [0.4, 0.5) is 9.18 Å². The summed E-state index contributed by atoms with van der Waals surface area (Å²) >= 11 is 0. The van der Waals surface area contributed by atoms with Crippen molar-refractivity contribution < 1.29 is 13.9 Å². The molecule has 3 aromatic carbocycles. The molecule has 3 aromatic rings. The number of carbonyl (C=O) groups excluding carboxylic acids is 1. The van der Waals surface area contributed by atoms with E-state index in [2.05, 4.69) is 12.1 Å². The molecule has 29 heavy (non-hydrogen) atoms. The first-order valence-electron chi connectivity index (χ1n) is 10.1. The Morgan fingerprint density at radius 3 is 2.62 bits per heavy atom. The quantitative estimate of drug-likeness (QED) is 0.546. The molecule has 4 heteroatoms. The highest BCUT2D eigenvalue weighted by atomic mass is 19.1. The topological polar surface area (TPSA) is 29.5 Å². The number of carbonyl (C=O) groups is 1. The molecule has 0 aromatic heterocycles. The number of hydrogen-bond donors (Lipinski definition) is 0. The Hall–Kier alpha value is -3.14. The summed E-state index contributed by atoms with van der Waals surface area (Å²) in [5.41, 5.74) is 5.38. The van der Waals surface area contributed by atoms with E-state index < -0.39 is 0 Å². The Balaban J connectivity index is 1.36. The Morgan fingerprint density at radius 2 is 1.79 bits per heavy atom. The molecule has 0 unspecified atom stereocenters. The second kappa shape index (κ2) is 7.36. The molecule has 5 rings (SSSR count). The Bertz CT molecular complexity index is 1050. The number of piperidine rings is 1. The van der Waals surface area contributed by atoms with Gasteiger partial charge < -0.3 is 9.64 Å². The fourth-order valence-electron chi connectivity index (χ4n) is 4.64. The van der Waals surface area contributed by atoms with Gasteiger partial charge >= 0.3 is 6.09 Å². The summed E-state index contributed by atoms with van der Waals surface area (Å²) in [5, 5.41) is 0. The first-order valence-corrected chi connectivity index (χ1v) is 10.1. The van der Waals surface area contributed by atoms with E-state index in [-0.39, 0.29) is 24.6 Å². The van der Waals surface area contributed by atoms with Gasteiger partial charge in [0.25, 0.3) is 0 Å². The van der Waals surface area contributed by atoms with Crippen LogP contribution in [0.15, 0.2) is 72.8 Å². The number of likely N-dealkylation sites (tertiary alicyclic amines) is 1. The van der Waals surface area contributed by atoms with Crippen LogP contribution in [0.1, 0.15) is 41.5 Å². The number of rotatable bonds is 3. The van der Waals surface area contributed by atoms with Crippen LogP contribution in [0, 0.1) is 5.82 Å². The molecule has 2 atom stereocenters. The second-order valence-corrected chi connectivity index (χ2v) is 7.82. The maximum absolute atomic E-state index is 13.6. The predicted molar refractivity (Wildman–Crippen MR) is 110 cm³/mol. The van der Waals surface area contributed by atoms with Gasteiger partial charge in [0.15, 0.2) is 0 Å². The zero-order valence-electron chi connectivity index (χ0n) is 16.1. The summed E-state index contributed by atoms with van der Waals surface area (Å²) in [6.45, 7) is 0.991. The number of benzene rings is 3. The van der Waals surface area contributed by atoms with E-state index in [9.17, 15) is 9.18 Å². The van der Waals surface area contributed by atoms with E-state index in [0.717, 1.165) is 29.5 Å². The molecule has 146 valence electrons. The molecular weight excluding hydrogens is 365 g/mol. The number of halogens is 1. The first-order chi connectivity index (χ1) is 14.2. The standard InChI is InChI=1S/C25H22FNO2/c26-21-8-4-7-18(13-21)19-9-10-22-23(14-19)20-11-12-27(24(22)15-20)25(28)29-16-17-5-2-1-3-6-17/h1-10,13-14,20,24H,11-12,15-16H2/t20-,24-/m1/s1. The van der Waals surface area contributed by atoms with Crippen LogP contribution in [0.5, 0.6) is 0 Å². The van der Waals surface area contributed by atoms with E-state index in [4.69, 9.17) is 4.74 Å². The molecule has 1 fully saturated rings. The lowest BCUT2D eigenvalue weighted by atomic mass is 9.93. The zero-order valence-corrected chi connectivity index (χ0v) is 16.1. The third kappa shape index (κ3) is 3.39. The number of nitrogens with zero attached hydrogens (tertiary/aromatic N) is 1. The van der Waals surface area contributed by atoms with Crippen LogP contribution in [0.25, 0.3) is 11.1 Å². The molecule has 1 aliphatic carbocycles. The smallest absolute Gasteiger partial charge is 0.410 e. The van der Waals surface area contributed by atoms with Crippen molar-refractivity contribution in [2.45, 2.75) is 31.4 Å².